The number of rotatable bonds is 3. The molecule has 0 aromatic heterocycles. The second-order valence-electron chi connectivity index (χ2n) is 3.83. The van der Waals surface area contributed by atoms with E-state index in [1.54, 1.807) is 0 Å². The van der Waals surface area contributed by atoms with Crippen LogP contribution in [0.1, 0.15) is 5.56 Å². The lowest BCUT2D eigenvalue weighted by atomic mass is 10.2. The fraction of sp³-hybridized carbons (Fsp3) is 0.143. The van der Waals surface area contributed by atoms with E-state index in [1.807, 2.05) is 43.4 Å². The SMILES string of the molecule is CN(c1ccccc1)c1ccc(CO)c(Br)c1. The molecule has 0 bridgehead atoms. The average Bonchev–Trinajstić information content (AvgIpc) is 2.39. The summed E-state index contributed by atoms with van der Waals surface area (Å²) in [6, 6.07) is 16.1. The molecule has 2 rings (SSSR count). The van der Waals surface area contributed by atoms with Gasteiger partial charge in [-0.2, -0.15) is 0 Å². The Labute approximate surface area is 110 Å². The van der Waals surface area contributed by atoms with E-state index < -0.39 is 0 Å². The van der Waals surface area contributed by atoms with Gasteiger partial charge in [0.25, 0.3) is 0 Å². The third-order valence-corrected chi connectivity index (χ3v) is 3.48. The van der Waals surface area contributed by atoms with Crippen molar-refractivity contribution in [2.45, 2.75) is 6.61 Å². The molecule has 0 aliphatic heterocycles. The molecule has 2 aromatic rings. The molecule has 0 spiro atoms. The summed E-state index contributed by atoms with van der Waals surface area (Å²) in [7, 11) is 2.02. The van der Waals surface area contributed by atoms with Gasteiger partial charge < -0.3 is 10.0 Å². The second kappa shape index (κ2) is 5.34. The van der Waals surface area contributed by atoms with E-state index in [1.165, 1.54) is 0 Å². The number of anilines is 2. The lowest BCUT2D eigenvalue weighted by molar-refractivity contribution is 0.281. The molecule has 0 aliphatic rings. The highest BCUT2D eigenvalue weighted by molar-refractivity contribution is 9.10. The summed E-state index contributed by atoms with van der Waals surface area (Å²) < 4.78 is 0.931. The first kappa shape index (κ1) is 12.1. The van der Waals surface area contributed by atoms with Gasteiger partial charge >= 0.3 is 0 Å². The largest absolute Gasteiger partial charge is 0.392 e. The van der Waals surface area contributed by atoms with Crippen LogP contribution in [0.5, 0.6) is 0 Å². The molecule has 0 aliphatic carbocycles. The Morgan fingerprint density at radius 1 is 1.06 bits per heavy atom. The van der Waals surface area contributed by atoms with Gasteiger partial charge in [0.05, 0.1) is 6.61 Å². The maximum absolute atomic E-state index is 9.12. The minimum absolute atomic E-state index is 0.0515. The number of aliphatic hydroxyl groups is 1. The molecule has 0 atom stereocenters. The van der Waals surface area contributed by atoms with Gasteiger partial charge in [-0.3, -0.25) is 0 Å². The minimum Gasteiger partial charge on any atom is -0.392 e. The highest BCUT2D eigenvalue weighted by Gasteiger charge is 2.05. The van der Waals surface area contributed by atoms with Crippen molar-refractivity contribution in [1.29, 1.82) is 0 Å². The lowest BCUT2D eigenvalue weighted by Crippen LogP contribution is -2.09. The summed E-state index contributed by atoms with van der Waals surface area (Å²) in [6.45, 7) is 0.0515. The van der Waals surface area contributed by atoms with Gasteiger partial charge in [0, 0.05) is 22.9 Å². The van der Waals surface area contributed by atoms with E-state index in [-0.39, 0.29) is 6.61 Å². The predicted molar refractivity (Wildman–Crippen MR) is 74.6 cm³/mol. The molecule has 0 radical (unpaired) electrons. The zero-order valence-corrected chi connectivity index (χ0v) is 11.2. The molecule has 1 N–H and O–H groups in total. The molecule has 0 saturated carbocycles. The van der Waals surface area contributed by atoms with Crippen LogP contribution in [0.4, 0.5) is 11.4 Å². The molecule has 0 fully saturated rings. The molecule has 2 aromatic carbocycles. The van der Waals surface area contributed by atoms with Crippen molar-refractivity contribution in [3.63, 3.8) is 0 Å². The van der Waals surface area contributed by atoms with E-state index in [9.17, 15) is 0 Å². The minimum atomic E-state index is 0.0515. The van der Waals surface area contributed by atoms with E-state index >= 15 is 0 Å². The van der Waals surface area contributed by atoms with Crippen LogP contribution in [0.25, 0.3) is 0 Å². The number of aliphatic hydroxyl groups excluding tert-OH is 1. The number of halogens is 1. The Morgan fingerprint density at radius 2 is 1.76 bits per heavy atom. The van der Waals surface area contributed by atoms with Gasteiger partial charge in [0.2, 0.25) is 0 Å². The van der Waals surface area contributed by atoms with Crippen molar-refractivity contribution in [2.24, 2.45) is 0 Å². The van der Waals surface area contributed by atoms with Crippen LogP contribution in [0, 0.1) is 0 Å². The average molecular weight is 292 g/mol. The first-order valence-electron chi connectivity index (χ1n) is 5.40. The molecule has 0 heterocycles. The summed E-state index contributed by atoms with van der Waals surface area (Å²) in [4.78, 5) is 2.10. The molecule has 0 saturated heterocycles. The summed E-state index contributed by atoms with van der Waals surface area (Å²) in [5.74, 6) is 0. The van der Waals surface area contributed by atoms with Crippen molar-refractivity contribution >= 4 is 27.3 Å². The molecule has 88 valence electrons. The molecular formula is C14H14BrNO. The van der Waals surface area contributed by atoms with E-state index in [4.69, 9.17) is 5.11 Å². The van der Waals surface area contributed by atoms with Gasteiger partial charge in [-0.15, -0.1) is 0 Å². The van der Waals surface area contributed by atoms with Gasteiger partial charge in [0.1, 0.15) is 0 Å². The Bertz CT molecular complexity index is 499. The van der Waals surface area contributed by atoms with Crippen LogP contribution in [-0.4, -0.2) is 12.2 Å². The third-order valence-electron chi connectivity index (χ3n) is 2.74. The van der Waals surface area contributed by atoms with Crippen LogP contribution in [-0.2, 0) is 6.61 Å². The Morgan fingerprint density at radius 3 is 2.35 bits per heavy atom. The highest BCUT2D eigenvalue weighted by Crippen LogP contribution is 2.28. The molecule has 0 unspecified atom stereocenters. The lowest BCUT2D eigenvalue weighted by Gasteiger charge is -2.20. The highest BCUT2D eigenvalue weighted by atomic mass is 79.9. The van der Waals surface area contributed by atoms with Crippen molar-refractivity contribution < 1.29 is 5.11 Å². The van der Waals surface area contributed by atoms with E-state index in [0.29, 0.717) is 0 Å². The maximum Gasteiger partial charge on any atom is 0.0692 e. The van der Waals surface area contributed by atoms with Gasteiger partial charge in [0.15, 0.2) is 0 Å². The zero-order valence-electron chi connectivity index (χ0n) is 9.60. The molecule has 17 heavy (non-hydrogen) atoms. The summed E-state index contributed by atoms with van der Waals surface area (Å²) in [5, 5.41) is 9.12. The van der Waals surface area contributed by atoms with Crippen molar-refractivity contribution in [3.05, 3.63) is 58.6 Å². The van der Waals surface area contributed by atoms with Crippen molar-refractivity contribution in [3.8, 4) is 0 Å². The smallest absolute Gasteiger partial charge is 0.0692 e. The van der Waals surface area contributed by atoms with Gasteiger partial charge in [-0.25, -0.2) is 0 Å². The van der Waals surface area contributed by atoms with Gasteiger partial charge in [-0.1, -0.05) is 40.2 Å². The standard InChI is InChI=1S/C14H14BrNO/c1-16(12-5-3-2-4-6-12)13-8-7-11(10-17)14(15)9-13/h2-9,17H,10H2,1H3. The van der Waals surface area contributed by atoms with E-state index in [0.717, 1.165) is 21.4 Å². The predicted octanol–water partition coefficient (Wildman–Crippen LogP) is 3.71. The number of para-hydroxylation sites is 1. The normalized spacial score (nSPS) is 10.3. The first-order chi connectivity index (χ1) is 8.22. The summed E-state index contributed by atoms with van der Waals surface area (Å²) in [6.07, 6.45) is 0. The van der Waals surface area contributed by atoms with Crippen LogP contribution in [0.15, 0.2) is 53.0 Å². The Balaban J connectivity index is 2.32. The second-order valence-corrected chi connectivity index (χ2v) is 4.68. The number of nitrogens with zero attached hydrogens (tertiary/aromatic N) is 1. The zero-order chi connectivity index (χ0) is 12.3. The topological polar surface area (TPSA) is 23.5 Å². The molecule has 2 nitrogen and oxygen atoms in total. The van der Waals surface area contributed by atoms with Crippen LogP contribution in [0.2, 0.25) is 0 Å². The summed E-state index contributed by atoms with van der Waals surface area (Å²) >= 11 is 3.46. The third kappa shape index (κ3) is 2.68. The fourth-order valence-corrected chi connectivity index (χ4v) is 2.17. The Hall–Kier alpha value is -1.32. The van der Waals surface area contributed by atoms with Crippen LogP contribution in [0.3, 0.4) is 0 Å². The molecule has 3 heteroatoms. The summed E-state index contributed by atoms with van der Waals surface area (Å²) in [5.41, 5.74) is 3.12. The maximum atomic E-state index is 9.12. The monoisotopic (exact) mass is 291 g/mol. The van der Waals surface area contributed by atoms with Crippen molar-refractivity contribution in [2.75, 3.05) is 11.9 Å². The van der Waals surface area contributed by atoms with Gasteiger partial charge in [-0.05, 0) is 29.8 Å². The van der Waals surface area contributed by atoms with Crippen molar-refractivity contribution in [1.82, 2.24) is 0 Å². The molecule has 0 amide bonds. The fourth-order valence-electron chi connectivity index (χ4n) is 1.67. The van der Waals surface area contributed by atoms with E-state index in [2.05, 4.69) is 33.0 Å². The van der Waals surface area contributed by atoms with Crippen LogP contribution >= 0.6 is 15.9 Å². The van der Waals surface area contributed by atoms with Crippen LogP contribution < -0.4 is 4.90 Å². The number of hydrogen-bond donors (Lipinski definition) is 1. The quantitative estimate of drug-likeness (QED) is 0.932. The first-order valence-corrected chi connectivity index (χ1v) is 6.19. The number of hydrogen-bond acceptors (Lipinski definition) is 2. The molecular weight excluding hydrogens is 278 g/mol. The number of benzene rings is 2. The Kier molecular flexibility index (Phi) is 3.82.